The summed E-state index contributed by atoms with van der Waals surface area (Å²) < 4.78 is 19.2. The standard InChI is InChI=1S/C22H15FN2O4/c1-12-10-14(7-8-15(12)16-4-2-3-5-19(16)26)21-24-20(25-29-21)13-6-9-17(22(27)28)18(23)11-13/h2-11,26H,1H3,(H,27,28). The summed E-state index contributed by atoms with van der Waals surface area (Å²) in [5.74, 6) is -1.63. The number of halogens is 1. The van der Waals surface area contributed by atoms with Crippen LogP contribution in [-0.2, 0) is 0 Å². The van der Waals surface area contributed by atoms with Crippen molar-refractivity contribution in [2.75, 3.05) is 0 Å². The molecule has 0 spiro atoms. The number of carboxylic acid groups (broad SMARTS) is 1. The van der Waals surface area contributed by atoms with Crippen molar-refractivity contribution >= 4 is 5.97 Å². The Kier molecular flexibility index (Phi) is 4.56. The lowest BCUT2D eigenvalue weighted by Gasteiger charge is -2.09. The van der Waals surface area contributed by atoms with Gasteiger partial charge in [0.05, 0.1) is 5.56 Å². The van der Waals surface area contributed by atoms with Gasteiger partial charge in [0.2, 0.25) is 5.82 Å². The predicted molar refractivity (Wildman–Crippen MR) is 104 cm³/mol. The van der Waals surface area contributed by atoms with Gasteiger partial charge in [-0.25, -0.2) is 9.18 Å². The fraction of sp³-hybridized carbons (Fsp3) is 0.0455. The SMILES string of the molecule is Cc1cc(-c2nc(-c3ccc(C(=O)O)c(F)c3)no2)ccc1-c1ccccc1O. The smallest absolute Gasteiger partial charge is 0.338 e. The van der Waals surface area contributed by atoms with Crippen molar-refractivity contribution in [3.63, 3.8) is 0 Å². The van der Waals surface area contributed by atoms with E-state index in [9.17, 15) is 14.3 Å². The summed E-state index contributed by atoms with van der Waals surface area (Å²) in [4.78, 5) is 15.2. The summed E-state index contributed by atoms with van der Waals surface area (Å²) in [6.07, 6.45) is 0. The van der Waals surface area contributed by atoms with Crippen LogP contribution in [0.25, 0.3) is 34.0 Å². The molecule has 4 rings (SSSR count). The zero-order valence-corrected chi connectivity index (χ0v) is 15.3. The van der Waals surface area contributed by atoms with Gasteiger partial charge in [-0.15, -0.1) is 0 Å². The van der Waals surface area contributed by atoms with E-state index in [-0.39, 0.29) is 17.5 Å². The molecule has 0 amide bonds. The van der Waals surface area contributed by atoms with Gasteiger partial charge in [-0.3, -0.25) is 0 Å². The highest BCUT2D eigenvalue weighted by Gasteiger charge is 2.16. The van der Waals surface area contributed by atoms with E-state index in [4.69, 9.17) is 9.63 Å². The molecule has 4 aromatic rings. The Morgan fingerprint density at radius 2 is 1.76 bits per heavy atom. The predicted octanol–water partition coefficient (Wildman–Crippen LogP) is 4.92. The molecule has 3 aromatic carbocycles. The number of phenolic OH excluding ortho intramolecular Hbond substituents is 1. The number of para-hydroxylation sites is 1. The van der Waals surface area contributed by atoms with Crippen LogP contribution >= 0.6 is 0 Å². The number of aromatic carboxylic acids is 1. The molecule has 0 fully saturated rings. The normalized spacial score (nSPS) is 10.8. The zero-order valence-electron chi connectivity index (χ0n) is 15.3. The van der Waals surface area contributed by atoms with Gasteiger partial charge in [0.1, 0.15) is 11.6 Å². The lowest BCUT2D eigenvalue weighted by atomic mass is 9.98. The van der Waals surface area contributed by atoms with Crippen LogP contribution in [0.5, 0.6) is 5.75 Å². The first-order valence-electron chi connectivity index (χ1n) is 8.70. The minimum atomic E-state index is -1.34. The van der Waals surface area contributed by atoms with E-state index in [1.165, 1.54) is 6.07 Å². The van der Waals surface area contributed by atoms with Gasteiger partial charge >= 0.3 is 5.97 Å². The number of nitrogens with zero attached hydrogens (tertiary/aromatic N) is 2. The van der Waals surface area contributed by atoms with Crippen molar-refractivity contribution in [1.82, 2.24) is 10.1 Å². The molecular weight excluding hydrogens is 375 g/mol. The molecule has 0 aliphatic carbocycles. The second kappa shape index (κ2) is 7.20. The Labute approximate surface area is 164 Å². The monoisotopic (exact) mass is 390 g/mol. The van der Waals surface area contributed by atoms with Crippen molar-refractivity contribution < 1.29 is 23.9 Å². The average Bonchev–Trinajstić information content (AvgIpc) is 3.18. The van der Waals surface area contributed by atoms with Crippen LogP contribution in [0, 0.1) is 12.7 Å². The van der Waals surface area contributed by atoms with Gasteiger partial charge in [0, 0.05) is 16.7 Å². The summed E-state index contributed by atoms with van der Waals surface area (Å²) in [5, 5.41) is 22.9. The molecule has 0 saturated carbocycles. The van der Waals surface area contributed by atoms with E-state index in [0.29, 0.717) is 11.1 Å². The number of carbonyl (C=O) groups is 1. The lowest BCUT2D eigenvalue weighted by molar-refractivity contribution is 0.0692. The first kappa shape index (κ1) is 18.4. The molecule has 7 heteroatoms. The van der Waals surface area contributed by atoms with Crippen molar-refractivity contribution in [3.8, 4) is 39.7 Å². The second-order valence-electron chi connectivity index (χ2n) is 6.47. The number of aryl methyl sites for hydroxylation is 1. The maximum atomic E-state index is 13.9. The Hall–Kier alpha value is -4.00. The third kappa shape index (κ3) is 3.45. The van der Waals surface area contributed by atoms with Crippen LogP contribution in [0.15, 0.2) is 65.2 Å². The molecule has 29 heavy (non-hydrogen) atoms. The molecule has 0 radical (unpaired) electrons. The molecule has 0 unspecified atom stereocenters. The fourth-order valence-electron chi connectivity index (χ4n) is 3.09. The molecule has 6 nitrogen and oxygen atoms in total. The topological polar surface area (TPSA) is 96.5 Å². The third-order valence-corrected chi connectivity index (χ3v) is 4.55. The number of hydrogen-bond donors (Lipinski definition) is 2. The first-order valence-corrected chi connectivity index (χ1v) is 8.70. The molecule has 1 aromatic heterocycles. The van der Waals surface area contributed by atoms with Gasteiger partial charge in [0.25, 0.3) is 5.89 Å². The Morgan fingerprint density at radius 1 is 1.00 bits per heavy atom. The van der Waals surface area contributed by atoms with E-state index in [1.54, 1.807) is 18.2 Å². The Morgan fingerprint density at radius 3 is 2.45 bits per heavy atom. The fourth-order valence-corrected chi connectivity index (χ4v) is 3.09. The number of benzene rings is 3. The van der Waals surface area contributed by atoms with Crippen molar-refractivity contribution in [2.24, 2.45) is 0 Å². The highest BCUT2D eigenvalue weighted by atomic mass is 19.1. The molecular formula is C22H15FN2O4. The Balaban J connectivity index is 1.67. The molecule has 1 heterocycles. The molecule has 144 valence electrons. The number of carboxylic acids is 1. The lowest BCUT2D eigenvalue weighted by Crippen LogP contribution is -2.00. The van der Waals surface area contributed by atoms with Crippen LogP contribution in [0.3, 0.4) is 0 Å². The van der Waals surface area contributed by atoms with Crippen LogP contribution in [0.1, 0.15) is 15.9 Å². The van der Waals surface area contributed by atoms with Crippen molar-refractivity contribution in [2.45, 2.75) is 6.92 Å². The van der Waals surface area contributed by atoms with Gasteiger partial charge in [-0.05, 0) is 54.4 Å². The van der Waals surface area contributed by atoms with Crippen LogP contribution in [-0.4, -0.2) is 26.3 Å². The molecule has 0 aliphatic rings. The van der Waals surface area contributed by atoms with Crippen LogP contribution < -0.4 is 0 Å². The summed E-state index contributed by atoms with van der Waals surface area (Å²) in [5.41, 5.74) is 3.05. The number of aromatic hydroxyl groups is 1. The first-order chi connectivity index (χ1) is 13.9. The summed E-state index contributed by atoms with van der Waals surface area (Å²) in [7, 11) is 0. The summed E-state index contributed by atoms with van der Waals surface area (Å²) in [6.45, 7) is 1.91. The number of aromatic nitrogens is 2. The van der Waals surface area contributed by atoms with E-state index >= 15 is 0 Å². The quantitative estimate of drug-likeness (QED) is 0.513. The van der Waals surface area contributed by atoms with Crippen molar-refractivity contribution in [1.29, 1.82) is 0 Å². The molecule has 0 aliphatic heterocycles. The maximum Gasteiger partial charge on any atom is 0.338 e. The average molecular weight is 390 g/mol. The van der Waals surface area contributed by atoms with Crippen LogP contribution in [0.4, 0.5) is 4.39 Å². The molecule has 0 atom stereocenters. The van der Waals surface area contributed by atoms with E-state index < -0.39 is 17.3 Å². The van der Waals surface area contributed by atoms with Gasteiger partial charge in [0.15, 0.2) is 0 Å². The number of phenols is 1. The van der Waals surface area contributed by atoms with Gasteiger partial charge < -0.3 is 14.7 Å². The van der Waals surface area contributed by atoms with Gasteiger partial charge in [-0.1, -0.05) is 29.4 Å². The molecule has 0 saturated heterocycles. The van der Waals surface area contributed by atoms with Crippen molar-refractivity contribution in [3.05, 3.63) is 77.6 Å². The Bertz CT molecular complexity index is 1230. The molecule has 0 bridgehead atoms. The van der Waals surface area contributed by atoms with E-state index in [2.05, 4.69) is 10.1 Å². The number of hydrogen-bond acceptors (Lipinski definition) is 5. The largest absolute Gasteiger partial charge is 0.507 e. The molecule has 2 N–H and O–H groups in total. The van der Waals surface area contributed by atoms with Crippen LogP contribution in [0.2, 0.25) is 0 Å². The number of rotatable bonds is 4. The second-order valence-corrected chi connectivity index (χ2v) is 6.47. The minimum Gasteiger partial charge on any atom is -0.507 e. The third-order valence-electron chi connectivity index (χ3n) is 4.55. The maximum absolute atomic E-state index is 13.9. The zero-order chi connectivity index (χ0) is 20.5. The van der Waals surface area contributed by atoms with E-state index in [1.807, 2.05) is 31.2 Å². The highest BCUT2D eigenvalue weighted by molar-refractivity contribution is 5.88. The highest BCUT2D eigenvalue weighted by Crippen LogP contribution is 2.33. The van der Waals surface area contributed by atoms with Gasteiger partial charge in [-0.2, -0.15) is 4.98 Å². The van der Waals surface area contributed by atoms with E-state index in [0.717, 1.165) is 28.8 Å². The summed E-state index contributed by atoms with van der Waals surface area (Å²) >= 11 is 0. The minimum absolute atomic E-state index is 0.151. The summed E-state index contributed by atoms with van der Waals surface area (Å²) in [6, 6.07) is 16.2.